The topological polar surface area (TPSA) is 63.2 Å². The van der Waals surface area contributed by atoms with E-state index in [0.717, 1.165) is 44.9 Å². The summed E-state index contributed by atoms with van der Waals surface area (Å²) in [5.74, 6) is 0.654. The van der Waals surface area contributed by atoms with Crippen LogP contribution in [0.4, 0.5) is 13.2 Å². The van der Waals surface area contributed by atoms with E-state index in [-0.39, 0.29) is 29.0 Å². The summed E-state index contributed by atoms with van der Waals surface area (Å²) in [5.41, 5.74) is 1.20. The van der Waals surface area contributed by atoms with Crippen molar-refractivity contribution < 1.29 is 27.0 Å². The Balaban J connectivity index is 1.36. The number of halogens is 3. The van der Waals surface area contributed by atoms with Crippen LogP contribution in [0.3, 0.4) is 0 Å². The fraction of sp³-hybridized carbons (Fsp3) is 0.840. The second kappa shape index (κ2) is 8.80. The molecule has 1 unspecified atom stereocenters. The van der Waals surface area contributed by atoms with Crippen LogP contribution in [0.25, 0.3) is 0 Å². The van der Waals surface area contributed by atoms with Crippen LogP contribution in [0, 0.1) is 34.5 Å². The predicted molar refractivity (Wildman–Crippen MR) is 122 cm³/mol. The van der Waals surface area contributed by atoms with Crippen LogP contribution in [0.5, 0.6) is 0 Å². The number of amides is 1. The van der Waals surface area contributed by atoms with Crippen molar-refractivity contribution in [3.05, 3.63) is 12.2 Å². The number of alkyl halides is 3. The van der Waals surface area contributed by atoms with Gasteiger partial charge in [0.25, 0.3) is 0 Å². The van der Waals surface area contributed by atoms with Gasteiger partial charge in [0.1, 0.15) is 5.78 Å². The first-order valence-corrected chi connectivity index (χ1v) is 13.7. The van der Waals surface area contributed by atoms with Crippen molar-refractivity contribution in [1.29, 1.82) is 0 Å². The van der Waals surface area contributed by atoms with Crippen LogP contribution in [-0.2, 0) is 20.4 Å². The van der Waals surface area contributed by atoms with Crippen LogP contribution in [0.2, 0.25) is 0 Å². The van der Waals surface area contributed by atoms with Crippen molar-refractivity contribution >= 4 is 22.5 Å². The summed E-state index contributed by atoms with van der Waals surface area (Å²) in [7, 11) is -1.13. The third-order valence-corrected chi connectivity index (χ3v) is 11.6. The molecule has 0 radical (unpaired) electrons. The van der Waals surface area contributed by atoms with Crippen LogP contribution in [0.15, 0.2) is 12.2 Å². The average Bonchev–Trinajstić information content (AvgIpc) is 3.05. The number of hydrogen-bond acceptors (Lipinski definition) is 3. The fourth-order valence-electron chi connectivity index (χ4n) is 7.90. The molecule has 8 atom stereocenters. The zero-order valence-electron chi connectivity index (χ0n) is 19.6. The molecule has 4 aliphatic rings. The summed E-state index contributed by atoms with van der Waals surface area (Å²) in [6, 6.07) is 0. The first kappa shape index (κ1) is 24.9. The second-order valence-electron chi connectivity index (χ2n) is 11.3. The van der Waals surface area contributed by atoms with Crippen molar-refractivity contribution in [2.75, 3.05) is 12.3 Å². The number of carbonyl (C=O) groups is 2. The lowest BCUT2D eigenvalue weighted by Crippen LogP contribution is -2.55. The molecule has 186 valence electrons. The van der Waals surface area contributed by atoms with Crippen LogP contribution < -0.4 is 5.32 Å². The minimum Gasteiger partial charge on any atom is -0.348 e. The van der Waals surface area contributed by atoms with Crippen molar-refractivity contribution in [2.24, 2.45) is 34.5 Å². The monoisotopic (exact) mass is 487 g/mol. The molecular formula is C25H36F3NO3S. The molecule has 0 aliphatic heterocycles. The molecule has 4 rings (SSSR count). The van der Waals surface area contributed by atoms with E-state index in [4.69, 9.17) is 0 Å². The van der Waals surface area contributed by atoms with Gasteiger partial charge in [0.15, 0.2) is 0 Å². The lowest BCUT2D eigenvalue weighted by molar-refractivity contribution is -0.173. The molecule has 4 aliphatic carbocycles. The maximum atomic E-state index is 12.9. The molecule has 0 aromatic heterocycles. The van der Waals surface area contributed by atoms with Gasteiger partial charge in [-0.15, -0.1) is 0 Å². The Hall–Kier alpha value is -1.18. The molecule has 0 saturated heterocycles. The SMILES string of the molecule is C=C1C[C@@H]2[C@H](CC[C@]3(C)C(=O)CC[C@@H]23)[C@@]2(C)CC[C@H]([S@@](=O)CCCNC(=O)C(F)(F)F)CC12. The molecule has 4 fully saturated rings. The van der Waals surface area contributed by atoms with Crippen LogP contribution >= 0.6 is 0 Å². The highest BCUT2D eigenvalue weighted by Crippen LogP contribution is 2.66. The highest BCUT2D eigenvalue weighted by atomic mass is 32.2. The highest BCUT2D eigenvalue weighted by molar-refractivity contribution is 7.85. The molecule has 0 heterocycles. The summed E-state index contributed by atoms with van der Waals surface area (Å²) >= 11 is 0. The fourth-order valence-corrected chi connectivity index (χ4v) is 9.45. The van der Waals surface area contributed by atoms with E-state index in [9.17, 15) is 27.0 Å². The highest BCUT2D eigenvalue weighted by Gasteiger charge is 2.61. The second-order valence-corrected chi connectivity index (χ2v) is 13.1. The number of rotatable bonds is 5. The van der Waals surface area contributed by atoms with E-state index >= 15 is 0 Å². The third-order valence-electron chi connectivity index (χ3n) is 9.72. The quantitative estimate of drug-likeness (QED) is 0.441. The molecule has 4 saturated carbocycles. The van der Waals surface area contributed by atoms with Gasteiger partial charge in [-0.2, -0.15) is 13.2 Å². The minimum atomic E-state index is -4.88. The zero-order chi connectivity index (χ0) is 24.2. The van der Waals surface area contributed by atoms with E-state index in [0.29, 0.717) is 41.6 Å². The summed E-state index contributed by atoms with van der Waals surface area (Å²) in [6.07, 6.45) is 2.78. The van der Waals surface area contributed by atoms with Crippen molar-refractivity contribution in [1.82, 2.24) is 5.32 Å². The Morgan fingerprint density at radius 1 is 1.18 bits per heavy atom. The zero-order valence-corrected chi connectivity index (χ0v) is 20.5. The molecule has 33 heavy (non-hydrogen) atoms. The van der Waals surface area contributed by atoms with Crippen molar-refractivity contribution in [2.45, 2.75) is 83.1 Å². The van der Waals surface area contributed by atoms with E-state index in [1.165, 1.54) is 5.57 Å². The number of nitrogens with one attached hydrogen (secondary N) is 1. The van der Waals surface area contributed by atoms with Gasteiger partial charge in [0.2, 0.25) is 0 Å². The van der Waals surface area contributed by atoms with Gasteiger partial charge in [-0.25, -0.2) is 0 Å². The van der Waals surface area contributed by atoms with Gasteiger partial charge in [-0.3, -0.25) is 13.8 Å². The Bertz CT molecular complexity index is 858. The number of Topliss-reactive ketones (excluding diaryl/α,β-unsaturated/α-hetero) is 1. The third kappa shape index (κ3) is 4.34. The standard InChI is InChI=1S/C25H36F3NO3S/c1-15-13-17-18-5-6-21(30)24(18,3)10-8-19(17)23(2)9-7-16(14-20(15)23)33(32)12-4-11-29-22(31)25(26,27)28/h16-20H,1,4-14H2,2-3H3,(H,29,31)/t16-,17-,18-,19-,20?,23+,24-,33-/m0/s1. The van der Waals surface area contributed by atoms with Gasteiger partial charge < -0.3 is 5.32 Å². The van der Waals surface area contributed by atoms with E-state index in [1.807, 2.05) is 5.32 Å². The largest absolute Gasteiger partial charge is 0.471 e. The Labute approximate surface area is 197 Å². The molecule has 1 N–H and O–H groups in total. The summed E-state index contributed by atoms with van der Waals surface area (Å²) in [4.78, 5) is 23.5. The molecule has 0 spiro atoms. The number of ketones is 1. The van der Waals surface area contributed by atoms with Crippen LogP contribution in [0.1, 0.15) is 71.6 Å². The van der Waals surface area contributed by atoms with Gasteiger partial charge in [0, 0.05) is 40.2 Å². The van der Waals surface area contributed by atoms with Gasteiger partial charge >= 0.3 is 12.1 Å². The predicted octanol–water partition coefficient (Wildman–Crippen LogP) is 4.95. The smallest absolute Gasteiger partial charge is 0.348 e. The Morgan fingerprint density at radius 2 is 1.91 bits per heavy atom. The lowest BCUT2D eigenvalue weighted by atomic mass is 9.44. The number of carbonyl (C=O) groups excluding carboxylic acids is 2. The first-order valence-electron chi connectivity index (χ1n) is 12.3. The Morgan fingerprint density at radius 3 is 2.61 bits per heavy atom. The molecule has 0 aromatic carbocycles. The van der Waals surface area contributed by atoms with Gasteiger partial charge in [-0.1, -0.05) is 26.0 Å². The summed E-state index contributed by atoms with van der Waals surface area (Å²) in [5, 5.41) is 1.88. The summed E-state index contributed by atoms with van der Waals surface area (Å²) in [6.45, 7) is 8.90. The first-order chi connectivity index (χ1) is 15.4. The lowest BCUT2D eigenvalue weighted by Gasteiger charge is -2.60. The molecule has 1 amide bonds. The number of hydrogen-bond donors (Lipinski definition) is 1. The average molecular weight is 488 g/mol. The number of allylic oxidation sites excluding steroid dienone is 1. The normalized spacial score (nSPS) is 41.7. The molecule has 8 heteroatoms. The van der Waals surface area contributed by atoms with E-state index in [2.05, 4.69) is 20.4 Å². The molecular weight excluding hydrogens is 451 g/mol. The van der Waals surface area contributed by atoms with Gasteiger partial charge in [-0.05, 0) is 80.5 Å². The van der Waals surface area contributed by atoms with E-state index in [1.54, 1.807) is 0 Å². The molecule has 0 aromatic rings. The molecule has 4 nitrogen and oxygen atoms in total. The van der Waals surface area contributed by atoms with E-state index < -0.39 is 22.9 Å². The maximum absolute atomic E-state index is 12.9. The molecule has 0 bridgehead atoms. The minimum absolute atomic E-state index is 0.0246. The Kier molecular flexibility index (Phi) is 6.64. The van der Waals surface area contributed by atoms with Crippen LogP contribution in [-0.4, -0.2) is 39.6 Å². The van der Waals surface area contributed by atoms with Crippen molar-refractivity contribution in [3.63, 3.8) is 0 Å². The van der Waals surface area contributed by atoms with Crippen molar-refractivity contribution in [3.8, 4) is 0 Å². The maximum Gasteiger partial charge on any atom is 0.471 e. The van der Waals surface area contributed by atoms with Gasteiger partial charge in [0.05, 0.1) is 0 Å². The summed E-state index contributed by atoms with van der Waals surface area (Å²) < 4.78 is 49.8. The number of fused-ring (bicyclic) bond motifs is 5.